The van der Waals surface area contributed by atoms with Gasteiger partial charge in [0.05, 0.1) is 19.8 Å². The first kappa shape index (κ1) is 55.0. The predicted molar refractivity (Wildman–Crippen MR) is 164 cm³/mol. The molecule has 1 aliphatic rings. The average Bonchev–Trinajstić information content (AvgIpc) is 2.92. The lowest BCUT2D eigenvalue weighted by atomic mass is 9.98. The van der Waals surface area contributed by atoms with Crippen molar-refractivity contribution in [3.8, 4) is 0 Å². The number of ether oxygens (including phenoxy) is 2. The first-order valence-corrected chi connectivity index (χ1v) is 24.7. The first-order chi connectivity index (χ1) is 25.5. The minimum atomic E-state index is -6.44. The number of hydrogen-bond acceptors (Lipinski definition) is 28. The molecule has 0 aromatic carbocycles. The molecule has 37 nitrogen and oxygen atoms in total. The molecule has 0 spiro atoms. The second-order valence-corrected chi connectivity index (χ2v) is 18.8. The maximum Gasteiger partial charge on any atom is 0.397 e. The molecule has 46 heteroatoms. The second kappa shape index (κ2) is 20.4. The van der Waals surface area contributed by atoms with Gasteiger partial charge in [0.15, 0.2) is 12.4 Å². The van der Waals surface area contributed by atoms with Crippen LogP contribution < -0.4 is 0 Å². The molecule has 0 amide bonds. The van der Waals surface area contributed by atoms with Gasteiger partial charge in [-0.05, 0) is 0 Å². The third-order valence-corrected chi connectivity index (χ3v) is 9.53. The van der Waals surface area contributed by atoms with E-state index in [0.29, 0.717) is 0 Å². The van der Waals surface area contributed by atoms with Crippen LogP contribution in [0.5, 0.6) is 0 Å². The molecule has 1 heterocycles. The van der Waals surface area contributed by atoms with E-state index < -0.39 is 169 Å². The summed E-state index contributed by atoms with van der Waals surface area (Å²) in [6, 6.07) is 0. The van der Waals surface area contributed by atoms with Crippen LogP contribution in [0.25, 0.3) is 0 Å². The average molecular weight is 1050 g/mol. The Kier molecular flexibility index (Phi) is 19.4. The van der Waals surface area contributed by atoms with E-state index in [0.717, 1.165) is 0 Å². The van der Waals surface area contributed by atoms with Crippen LogP contribution in [0.1, 0.15) is 0 Å². The Morgan fingerprint density at radius 1 is 0.483 bits per heavy atom. The van der Waals surface area contributed by atoms with Crippen LogP contribution in [-0.4, -0.2) is 187 Å². The van der Waals surface area contributed by atoms with Crippen molar-refractivity contribution in [2.45, 2.75) is 55.1 Å². The summed E-state index contributed by atoms with van der Waals surface area (Å²) in [5.41, 5.74) is 0. The summed E-state index contributed by atoms with van der Waals surface area (Å²) in [4.78, 5) is 0. The van der Waals surface area contributed by atoms with Crippen molar-refractivity contribution in [1.82, 2.24) is 0 Å². The number of hydrogen-bond donors (Lipinski definition) is 9. The van der Waals surface area contributed by atoms with E-state index in [4.69, 9.17) is 23.1 Å². The molecule has 0 saturated carbocycles. The van der Waals surface area contributed by atoms with Crippen LogP contribution in [0.2, 0.25) is 0 Å². The normalized spacial score (nSPS) is 24.7. The van der Waals surface area contributed by atoms with Gasteiger partial charge in [-0.25, -0.2) is 33.5 Å². The maximum atomic E-state index is 11.9. The van der Waals surface area contributed by atoms with Crippen molar-refractivity contribution in [2.75, 3.05) is 19.8 Å². The SMILES string of the molecule is O=S(O)O[C@@H]1[C@H](OS(=O)(=O)O)[C@@H](OS(=O)(=O)O)[C@H](O[C@@H]([C@H](OS(=O)(=O)O)[C@H](COS(=O)(=O)O)OS(=O)(=O)O)[C@@H](COS(=O)(=O)O)OS(=O)(=O)O)O[C@@H]1COS(=O)(=O)O. The van der Waals surface area contributed by atoms with E-state index >= 15 is 0 Å². The fraction of sp³-hybridized carbons (Fsp3) is 1.00. The molecule has 0 aromatic rings. The van der Waals surface area contributed by atoms with Crippen molar-refractivity contribution >= 4 is 94.6 Å². The third-order valence-electron chi connectivity index (χ3n) is 5.46. The van der Waals surface area contributed by atoms with Gasteiger partial charge in [0.1, 0.15) is 42.7 Å². The Morgan fingerprint density at radius 2 is 0.862 bits per heavy atom. The van der Waals surface area contributed by atoms with Gasteiger partial charge in [0.25, 0.3) is 0 Å². The van der Waals surface area contributed by atoms with E-state index in [1.54, 1.807) is 0 Å². The van der Waals surface area contributed by atoms with Gasteiger partial charge in [0, 0.05) is 0 Å². The molecule has 1 fully saturated rings. The van der Waals surface area contributed by atoms with E-state index in [9.17, 15) is 98.9 Å². The molecular formula is C12H24O37S9. The predicted octanol–water partition coefficient (Wildman–Crippen LogP) is -6.98. The molecule has 0 radical (unpaired) electrons. The topological polar surface area (TPSA) is 574 Å². The lowest BCUT2D eigenvalue weighted by Crippen LogP contribution is -2.65. The van der Waals surface area contributed by atoms with Crippen molar-refractivity contribution in [3.63, 3.8) is 0 Å². The standard InChI is InChI=1S/C12H24O37S9/c13-50(14)44-8-4(1-39-51(15,16)17)42-12(11(49-58(36,37)38)10(8)48-57(33,34)35)43-7(5(45-54(24,25)26)2-40-52(18,19)20)9(47-56(30,31)32)6(46-55(27,28)29)3-41-53(21,22)23/h4-12H,1-3H2,(H,13,14)(H,15,16,17)(H,18,19,20)(H,21,22,23)(H,24,25,26)(H,27,28,29)(H,30,31,32)(H,33,34,35)(H,36,37,38)/t4-,5-,6+,7-,8+,9-,10+,11-,12+/m1/s1. The lowest BCUT2D eigenvalue weighted by Gasteiger charge is -2.45. The van der Waals surface area contributed by atoms with Crippen LogP contribution in [0.3, 0.4) is 0 Å². The molecule has 58 heavy (non-hydrogen) atoms. The van der Waals surface area contributed by atoms with E-state index in [1.807, 2.05) is 0 Å². The Labute approximate surface area is 327 Å². The fourth-order valence-corrected chi connectivity index (χ4v) is 7.74. The largest absolute Gasteiger partial charge is 0.397 e. The van der Waals surface area contributed by atoms with Crippen molar-refractivity contribution < 1.29 is 160 Å². The van der Waals surface area contributed by atoms with Crippen molar-refractivity contribution in [2.24, 2.45) is 0 Å². The summed E-state index contributed by atoms with van der Waals surface area (Å²) >= 11 is -3.81. The van der Waals surface area contributed by atoms with Gasteiger partial charge in [-0.2, -0.15) is 71.6 Å². The van der Waals surface area contributed by atoms with Crippen molar-refractivity contribution in [1.29, 1.82) is 0 Å². The molecule has 1 rings (SSSR count). The molecule has 9 N–H and O–H groups in total. The number of rotatable bonds is 26. The van der Waals surface area contributed by atoms with Gasteiger partial charge in [0.2, 0.25) is 0 Å². The third kappa shape index (κ3) is 23.8. The minimum absolute atomic E-state index is 1.94. The molecule has 1 saturated heterocycles. The summed E-state index contributed by atoms with van der Waals surface area (Å²) in [7, 11) is -49.1. The zero-order valence-corrected chi connectivity index (χ0v) is 33.8. The molecular weight excluding hydrogens is 1020 g/mol. The zero-order chi connectivity index (χ0) is 45.7. The first-order valence-electron chi connectivity index (χ1n) is 12.8. The Bertz CT molecular complexity index is 2330. The molecule has 10 atom stereocenters. The fourth-order valence-electron chi connectivity index (χ4n) is 3.95. The molecule has 1 unspecified atom stereocenters. The summed E-state index contributed by atoms with van der Waals surface area (Å²) in [6.45, 7) is -6.59. The van der Waals surface area contributed by atoms with Gasteiger partial charge in [-0.1, -0.05) is 0 Å². The second-order valence-electron chi connectivity index (χ2n) is 9.65. The molecule has 0 aliphatic carbocycles. The monoisotopic (exact) mass is 1050 g/mol. The minimum Gasteiger partial charge on any atom is -0.341 e. The molecule has 348 valence electrons. The summed E-state index contributed by atoms with van der Waals surface area (Å²) < 4.78 is 327. The van der Waals surface area contributed by atoms with E-state index in [2.05, 4.69) is 37.6 Å². The highest BCUT2D eigenvalue weighted by Crippen LogP contribution is 2.34. The van der Waals surface area contributed by atoms with Crippen molar-refractivity contribution in [3.05, 3.63) is 0 Å². The van der Waals surface area contributed by atoms with Crippen LogP contribution in [0.4, 0.5) is 0 Å². The molecule has 0 aromatic heterocycles. The van der Waals surface area contributed by atoms with Crippen LogP contribution in [0, 0.1) is 0 Å². The summed E-state index contributed by atoms with van der Waals surface area (Å²) in [5.74, 6) is 0. The highest BCUT2D eigenvalue weighted by molar-refractivity contribution is 7.82. The van der Waals surface area contributed by atoms with E-state index in [-0.39, 0.29) is 0 Å². The van der Waals surface area contributed by atoms with E-state index in [1.165, 1.54) is 0 Å². The smallest absolute Gasteiger partial charge is 0.341 e. The Balaban J connectivity index is 4.52. The Morgan fingerprint density at radius 3 is 1.21 bits per heavy atom. The molecule has 1 aliphatic heterocycles. The molecule has 0 bridgehead atoms. The zero-order valence-electron chi connectivity index (χ0n) is 26.4. The highest BCUT2D eigenvalue weighted by atomic mass is 32.3. The van der Waals surface area contributed by atoms with Crippen LogP contribution in [-0.2, 0) is 142 Å². The van der Waals surface area contributed by atoms with Gasteiger partial charge in [-0.3, -0.25) is 45.2 Å². The van der Waals surface area contributed by atoms with Gasteiger partial charge in [-0.15, -0.1) is 0 Å². The maximum absolute atomic E-state index is 11.9. The van der Waals surface area contributed by atoms with Crippen LogP contribution >= 0.6 is 0 Å². The summed E-state index contributed by atoms with van der Waals surface area (Å²) in [5, 5.41) is 0. The highest BCUT2D eigenvalue weighted by Gasteiger charge is 2.56. The quantitative estimate of drug-likeness (QED) is 0.0287. The van der Waals surface area contributed by atoms with Gasteiger partial charge < -0.3 is 9.47 Å². The summed E-state index contributed by atoms with van der Waals surface area (Å²) in [6.07, 6.45) is -30.8. The van der Waals surface area contributed by atoms with Gasteiger partial charge >= 0.3 is 94.6 Å². The Hall–Kier alpha value is -1.05. The van der Waals surface area contributed by atoms with Crippen LogP contribution in [0.15, 0.2) is 0 Å². The lowest BCUT2D eigenvalue weighted by molar-refractivity contribution is -0.312.